The number of carbonyl (C=O) groups is 1. The summed E-state index contributed by atoms with van der Waals surface area (Å²) in [5.41, 5.74) is -1.71. The molecule has 0 atom stereocenters. The van der Waals surface area contributed by atoms with E-state index >= 15 is 0 Å². The summed E-state index contributed by atoms with van der Waals surface area (Å²) < 4.78 is 43.6. The fraction of sp³-hybridized carbons (Fsp3) is 0.250. The number of amides is 1. The second-order valence-electron chi connectivity index (χ2n) is 5.67. The predicted octanol–water partition coefficient (Wildman–Crippen LogP) is 3.75. The van der Waals surface area contributed by atoms with Crippen molar-refractivity contribution in [2.45, 2.75) is 26.2 Å². The molecule has 0 spiro atoms. The van der Waals surface area contributed by atoms with Crippen LogP contribution in [0.2, 0.25) is 5.02 Å². The lowest BCUT2D eigenvalue weighted by Gasteiger charge is -2.13. The maximum Gasteiger partial charge on any atom is 0.434 e. The quantitative estimate of drug-likeness (QED) is 0.604. The monoisotopic (exact) mass is 430 g/mol. The van der Waals surface area contributed by atoms with Crippen LogP contribution in [-0.2, 0) is 19.3 Å². The van der Waals surface area contributed by atoms with Crippen LogP contribution in [0, 0.1) is 4.77 Å². The highest BCUT2D eigenvalue weighted by Gasteiger charge is 2.40. The molecule has 28 heavy (non-hydrogen) atoms. The summed E-state index contributed by atoms with van der Waals surface area (Å²) in [7, 11) is 0. The van der Waals surface area contributed by atoms with Gasteiger partial charge >= 0.3 is 6.18 Å². The van der Waals surface area contributed by atoms with Crippen molar-refractivity contribution in [3.8, 4) is 5.69 Å². The van der Waals surface area contributed by atoms with Crippen LogP contribution in [0.1, 0.15) is 28.8 Å². The van der Waals surface area contributed by atoms with Crippen LogP contribution >= 0.6 is 23.8 Å². The Kier molecular flexibility index (Phi) is 5.57. The molecule has 7 nitrogen and oxygen atoms in total. The van der Waals surface area contributed by atoms with Gasteiger partial charge in [0.1, 0.15) is 0 Å². The van der Waals surface area contributed by atoms with Crippen LogP contribution in [0.5, 0.6) is 0 Å². The van der Waals surface area contributed by atoms with E-state index in [0.717, 1.165) is 6.20 Å². The number of aromatic amines is 1. The molecule has 0 unspecified atom stereocenters. The molecular formula is C16H14ClF3N6OS. The summed E-state index contributed by atoms with van der Waals surface area (Å²) in [4.78, 5) is 12.4. The van der Waals surface area contributed by atoms with Crippen LogP contribution in [-0.4, -0.2) is 30.5 Å². The number of carbonyl (C=O) groups excluding carboxylic acids is 1. The number of hydrogen-bond donors (Lipinski definition) is 2. The number of alkyl halides is 3. The molecule has 2 N–H and O–H groups in total. The van der Waals surface area contributed by atoms with E-state index < -0.39 is 23.3 Å². The van der Waals surface area contributed by atoms with Gasteiger partial charge in [0, 0.05) is 11.6 Å². The molecule has 148 valence electrons. The van der Waals surface area contributed by atoms with Crippen LogP contribution in [0.4, 0.5) is 13.2 Å². The van der Waals surface area contributed by atoms with Gasteiger partial charge in [-0.2, -0.15) is 23.4 Å². The fourth-order valence-electron chi connectivity index (χ4n) is 2.66. The third-order valence-electron chi connectivity index (χ3n) is 3.90. The number of H-pyrrole nitrogens is 1. The third kappa shape index (κ3) is 3.94. The maximum atomic E-state index is 13.7. The van der Waals surface area contributed by atoms with Crippen molar-refractivity contribution in [3.63, 3.8) is 0 Å². The molecule has 3 aromatic rings. The highest BCUT2D eigenvalue weighted by Crippen LogP contribution is 2.34. The molecule has 0 fully saturated rings. The fourth-order valence-corrected chi connectivity index (χ4v) is 3.12. The van der Waals surface area contributed by atoms with Crippen LogP contribution in [0.25, 0.3) is 5.69 Å². The van der Waals surface area contributed by atoms with Crippen molar-refractivity contribution in [2.24, 2.45) is 0 Å². The van der Waals surface area contributed by atoms with Crippen LogP contribution < -0.4 is 5.32 Å². The van der Waals surface area contributed by atoms with E-state index in [-0.39, 0.29) is 17.3 Å². The number of aromatic nitrogens is 5. The predicted molar refractivity (Wildman–Crippen MR) is 97.8 cm³/mol. The lowest BCUT2D eigenvalue weighted by Crippen LogP contribution is -2.27. The average molecular weight is 431 g/mol. The number of hydrogen-bond acceptors (Lipinski definition) is 4. The van der Waals surface area contributed by atoms with Crippen molar-refractivity contribution in [1.82, 2.24) is 29.9 Å². The van der Waals surface area contributed by atoms with Gasteiger partial charge in [0.25, 0.3) is 5.91 Å². The first kappa shape index (κ1) is 20.1. The number of nitrogens with one attached hydrogen (secondary N) is 2. The Morgan fingerprint density at radius 1 is 1.39 bits per heavy atom. The van der Waals surface area contributed by atoms with Crippen LogP contribution in [0.3, 0.4) is 0 Å². The summed E-state index contributed by atoms with van der Waals surface area (Å²) in [5, 5.41) is 12.9. The molecule has 12 heteroatoms. The Morgan fingerprint density at radius 3 is 2.79 bits per heavy atom. The highest BCUT2D eigenvalue weighted by atomic mass is 35.5. The van der Waals surface area contributed by atoms with Crippen molar-refractivity contribution in [1.29, 1.82) is 0 Å². The Balaban J connectivity index is 1.93. The highest BCUT2D eigenvalue weighted by molar-refractivity contribution is 7.71. The molecule has 2 aromatic heterocycles. The first-order valence-electron chi connectivity index (χ1n) is 8.05. The molecule has 2 heterocycles. The summed E-state index contributed by atoms with van der Waals surface area (Å²) in [6.07, 6.45) is -3.94. The normalized spacial score (nSPS) is 11.6. The average Bonchev–Trinajstić information content (AvgIpc) is 3.23. The number of benzene rings is 1. The molecule has 1 amide bonds. The molecule has 1 aromatic carbocycles. The van der Waals surface area contributed by atoms with E-state index in [1.54, 1.807) is 4.57 Å². The standard InChI is InChI=1S/C16H14ClF3N6OS/c1-2-25-12(23-24-15(25)28)8-21-14(27)11-7-22-26(13(11)16(18,19)20)10-5-3-4-9(17)6-10/h3-7H,2,8H2,1H3,(H,21,27)(H,24,28). The minimum absolute atomic E-state index is 0.0887. The van der Waals surface area contributed by atoms with Gasteiger partial charge in [-0.3, -0.25) is 9.89 Å². The molecule has 0 aliphatic carbocycles. The summed E-state index contributed by atoms with van der Waals surface area (Å²) in [6, 6.07) is 5.75. The zero-order valence-corrected chi connectivity index (χ0v) is 16.0. The summed E-state index contributed by atoms with van der Waals surface area (Å²) >= 11 is 10.9. The van der Waals surface area contributed by atoms with Gasteiger partial charge in [-0.1, -0.05) is 17.7 Å². The smallest absolute Gasteiger partial charge is 0.345 e. The van der Waals surface area contributed by atoms with E-state index in [4.69, 9.17) is 23.8 Å². The molecular weight excluding hydrogens is 417 g/mol. The largest absolute Gasteiger partial charge is 0.434 e. The van der Waals surface area contributed by atoms with Gasteiger partial charge in [-0.25, -0.2) is 4.68 Å². The van der Waals surface area contributed by atoms with E-state index in [2.05, 4.69) is 20.6 Å². The number of nitrogens with zero attached hydrogens (tertiary/aromatic N) is 4. The molecule has 3 rings (SSSR count). The van der Waals surface area contributed by atoms with Gasteiger partial charge in [-0.15, -0.1) is 0 Å². The Hall–Kier alpha value is -2.66. The van der Waals surface area contributed by atoms with E-state index in [1.807, 2.05) is 6.92 Å². The molecule has 0 aliphatic heterocycles. The van der Waals surface area contributed by atoms with Gasteiger partial charge in [0.15, 0.2) is 16.3 Å². The van der Waals surface area contributed by atoms with E-state index in [0.29, 0.717) is 21.8 Å². The first-order valence-corrected chi connectivity index (χ1v) is 8.84. The topological polar surface area (TPSA) is 80.5 Å². The van der Waals surface area contributed by atoms with Gasteiger partial charge in [0.05, 0.1) is 24.0 Å². The lowest BCUT2D eigenvalue weighted by atomic mass is 10.2. The third-order valence-corrected chi connectivity index (χ3v) is 4.44. The number of halogens is 4. The SMILES string of the molecule is CCn1c(CNC(=O)c2cnn(-c3cccc(Cl)c3)c2C(F)(F)F)n[nH]c1=S. The molecule has 0 bridgehead atoms. The van der Waals surface area contributed by atoms with E-state index in [9.17, 15) is 18.0 Å². The van der Waals surface area contributed by atoms with Crippen molar-refractivity contribution >= 4 is 29.7 Å². The van der Waals surface area contributed by atoms with Gasteiger partial charge < -0.3 is 9.88 Å². The second kappa shape index (κ2) is 7.76. The zero-order chi connectivity index (χ0) is 20.5. The zero-order valence-electron chi connectivity index (χ0n) is 14.4. The summed E-state index contributed by atoms with van der Waals surface area (Å²) in [6.45, 7) is 2.23. The van der Waals surface area contributed by atoms with Crippen molar-refractivity contribution in [3.05, 3.63) is 57.3 Å². The summed E-state index contributed by atoms with van der Waals surface area (Å²) in [5.74, 6) is -0.534. The Bertz CT molecular complexity index is 1070. The molecule has 0 radical (unpaired) electrons. The second-order valence-corrected chi connectivity index (χ2v) is 6.49. The minimum atomic E-state index is -4.81. The van der Waals surface area contributed by atoms with Crippen molar-refractivity contribution in [2.75, 3.05) is 0 Å². The van der Waals surface area contributed by atoms with Gasteiger partial charge in [0.2, 0.25) is 0 Å². The molecule has 0 aliphatic rings. The maximum absolute atomic E-state index is 13.7. The number of rotatable bonds is 5. The lowest BCUT2D eigenvalue weighted by molar-refractivity contribution is -0.143. The van der Waals surface area contributed by atoms with E-state index in [1.165, 1.54) is 24.3 Å². The Labute approximate surface area is 167 Å². The minimum Gasteiger partial charge on any atom is -0.345 e. The van der Waals surface area contributed by atoms with Crippen molar-refractivity contribution < 1.29 is 18.0 Å². The molecule has 0 saturated heterocycles. The molecule has 0 saturated carbocycles. The first-order chi connectivity index (χ1) is 13.2. The van der Waals surface area contributed by atoms with Crippen LogP contribution in [0.15, 0.2) is 30.5 Å². The van der Waals surface area contributed by atoms with Gasteiger partial charge in [-0.05, 0) is 37.3 Å². The Morgan fingerprint density at radius 2 is 2.14 bits per heavy atom.